The highest BCUT2D eigenvalue weighted by molar-refractivity contribution is 5.70. The smallest absolute Gasteiger partial charge is 0.433 e. The van der Waals surface area contributed by atoms with Gasteiger partial charge in [0.05, 0.1) is 7.11 Å². The lowest BCUT2D eigenvalue weighted by atomic mass is 9.94. The summed E-state index contributed by atoms with van der Waals surface area (Å²) >= 11 is 0. The van der Waals surface area contributed by atoms with Gasteiger partial charge in [0, 0.05) is 19.0 Å². The van der Waals surface area contributed by atoms with E-state index < -0.39 is 29.3 Å². The molecule has 0 radical (unpaired) electrons. The molecule has 0 atom stereocenters. The van der Waals surface area contributed by atoms with E-state index in [2.05, 4.69) is 23.7 Å². The summed E-state index contributed by atoms with van der Waals surface area (Å²) in [6.45, 7) is 11.2. The molecule has 1 heterocycles. The molecule has 4 nitrogen and oxygen atoms in total. The van der Waals surface area contributed by atoms with Crippen LogP contribution >= 0.6 is 0 Å². The van der Waals surface area contributed by atoms with Crippen molar-refractivity contribution in [1.82, 2.24) is 9.78 Å². The zero-order valence-electron chi connectivity index (χ0n) is 20.3. The molecule has 0 aliphatic rings. The summed E-state index contributed by atoms with van der Waals surface area (Å²) in [5, 5.41) is 3.56. The first-order chi connectivity index (χ1) is 15.1. The molecule has 10 heteroatoms. The van der Waals surface area contributed by atoms with Crippen LogP contribution in [0, 0.1) is 13.8 Å². The van der Waals surface area contributed by atoms with Gasteiger partial charge in [0.15, 0.2) is 5.69 Å². The Morgan fingerprint density at radius 2 is 1.48 bits per heavy atom. The Labute approximate surface area is 190 Å². The molecule has 0 N–H and O–H groups in total. The van der Waals surface area contributed by atoms with E-state index in [0.717, 1.165) is 18.2 Å². The van der Waals surface area contributed by atoms with Crippen molar-refractivity contribution in [3.63, 3.8) is 0 Å². The summed E-state index contributed by atoms with van der Waals surface area (Å²) in [6, 6.07) is 3.15. The predicted octanol–water partition coefficient (Wildman–Crippen LogP) is 7.29. The van der Waals surface area contributed by atoms with Gasteiger partial charge in [-0.25, -0.2) is 0 Å². The van der Waals surface area contributed by atoms with E-state index in [1.165, 1.54) is 19.6 Å². The number of benzene rings is 1. The van der Waals surface area contributed by atoms with Crippen LogP contribution in [0.25, 0.3) is 11.3 Å². The second-order valence-corrected chi connectivity index (χ2v) is 7.28. The summed E-state index contributed by atoms with van der Waals surface area (Å²) in [5.41, 5.74) is -2.07. The van der Waals surface area contributed by atoms with Crippen molar-refractivity contribution < 1.29 is 35.9 Å². The number of hydrogen-bond acceptors (Lipinski definition) is 3. The molecule has 1 aromatic heterocycles. The Morgan fingerprint density at radius 1 is 0.970 bits per heavy atom. The first-order valence-corrected chi connectivity index (χ1v) is 10.5. The topological polar surface area (TPSA) is 44.1 Å². The number of carbonyl (C=O) groups excluding carboxylic acids is 1. The van der Waals surface area contributed by atoms with Gasteiger partial charge in [-0.3, -0.25) is 9.48 Å². The van der Waals surface area contributed by atoms with Gasteiger partial charge in [-0.15, -0.1) is 0 Å². The Morgan fingerprint density at radius 3 is 1.82 bits per heavy atom. The fourth-order valence-corrected chi connectivity index (χ4v) is 2.98. The predicted molar refractivity (Wildman–Crippen MR) is 116 cm³/mol. The first kappa shape index (κ1) is 30.5. The van der Waals surface area contributed by atoms with Crippen LogP contribution in [0.2, 0.25) is 0 Å². The molecule has 0 aliphatic heterocycles. The Bertz CT molecular complexity index is 909. The number of ether oxygens (including phenoxy) is 1. The highest BCUT2D eigenvalue weighted by Gasteiger charge is 2.49. The number of esters is 1. The zero-order chi connectivity index (χ0) is 26.1. The average molecular weight is 483 g/mol. The van der Waals surface area contributed by atoms with Gasteiger partial charge in [-0.1, -0.05) is 40.2 Å². The van der Waals surface area contributed by atoms with Crippen LogP contribution in [0.3, 0.4) is 0 Å². The molecule has 0 unspecified atom stereocenters. The maximum atomic E-state index is 13.4. The van der Waals surface area contributed by atoms with E-state index in [9.17, 15) is 31.1 Å². The number of carbonyl (C=O) groups is 1. The number of nitrogens with zero attached hydrogens (tertiary/aromatic N) is 2. The van der Waals surface area contributed by atoms with Gasteiger partial charge in [0.25, 0.3) is 0 Å². The van der Waals surface area contributed by atoms with Crippen molar-refractivity contribution in [2.24, 2.45) is 7.05 Å². The number of aryl methyl sites for hydroxylation is 4. The van der Waals surface area contributed by atoms with E-state index in [-0.39, 0.29) is 16.2 Å². The molecular formula is C23H32F6N2O2. The molecule has 0 saturated carbocycles. The molecular weight excluding hydrogens is 450 g/mol. The number of halogens is 6. The summed E-state index contributed by atoms with van der Waals surface area (Å²) in [6.07, 6.45) is -8.05. The van der Waals surface area contributed by atoms with Crippen molar-refractivity contribution in [2.75, 3.05) is 7.11 Å². The molecule has 0 fully saturated rings. The van der Waals surface area contributed by atoms with E-state index in [1.807, 2.05) is 6.92 Å². The van der Waals surface area contributed by atoms with Gasteiger partial charge in [0.2, 0.25) is 0 Å². The number of aromatic nitrogens is 2. The molecule has 0 aliphatic carbocycles. The van der Waals surface area contributed by atoms with Gasteiger partial charge < -0.3 is 4.74 Å². The van der Waals surface area contributed by atoms with Crippen LogP contribution < -0.4 is 0 Å². The third-order valence-electron chi connectivity index (χ3n) is 4.43. The zero-order valence-corrected chi connectivity index (χ0v) is 20.3. The maximum Gasteiger partial charge on any atom is 0.433 e. The lowest BCUT2D eigenvalue weighted by molar-refractivity contribution is -0.165. The molecule has 0 amide bonds. The lowest BCUT2D eigenvalue weighted by Crippen LogP contribution is -2.19. The highest BCUT2D eigenvalue weighted by Crippen LogP contribution is 2.45. The lowest BCUT2D eigenvalue weighted by Gasteiger charge is -2.14. The summed E-state index contributed by atoms with van der Waals surface area (Å²) in [7, 11) is 2.25. The number of methoxy groups -OCH3 is 1. The van der Waals surface area contributed by atoms with Crippen molar-refractivity contribution in [3.8, 4) is 11.3 Å². The fraction of sp³-hybridized carbons (Fsp3) is 0.565. The highest BCUT2D eigenvalue weighted by atomic mass is 19.4. The molecule has 2 rings (SSSR count). The summed E-state index contributed by atoms with van der Waals surface area (Å²) in [5.74, 6) is -0.157. The molecule has 2 aromatic rings. The molecule has 33 heavy (non-hydrogen) atoms. The van der Waals surface area contributed by atoms with E-state index in [4.69, 9.17) is 0 Å². The van der Waals surface area contributed by atoms with E-state index in [0.29, 0.717) is 18.4 Å². The van der Waals surface area contributed by atoms with Crippen molar-refractivity contribution >= 4 is 5.97 Å². The third kappa shape index (κ3) is 8.40. The molecule has 188 valence electrons. The number of alkyl halides is 6. The minimum atomic E-state index is -5.17. The summed E-state index contributed by atoms with van der Waals surface area (Å²) < 4.78 is 84.0. The van der Waals surface area contributed by atoms with Crippen LogP contribution in [-0.4, -0.2) is 22.9 Å². The second kappa shape index (κ2) is 12.6. The second-order valence-electron chi connectivity index (χ2n) is 7.28. The van der Waals surface area contributed by atoms with Crippen molar-refractivity contribution in [2.45, 2.75) is 73.2 Å². The van der Waals surface area contributed by atoms with Gasteiger partial charge in [0.1, 0.15) is 11.3 Å². The van der Waals surface area contributed by atoms with Crippen LogP contribution in [-0.2, 0) is 35.4 Å². The Hall–Kier alpha value is -2.52. The number of hydrogen-bond donors (Lipinski definition) is 0. The van der Waals surface area contributed by atoms with Crippen molar-refractivity contribution in [3.05, 3.63) is 40.1 Å². The minimum Gasteiger partial charge on any atom is -0.469 e. The van der Waals surface area contributed by atoms with Crippen LogP contribution in [0.5, 0.6) is 0 Å². The third-order valence-corrected chi connectivity index (χ3v) is 4.43. The number of rotatable bonds is 3. The maximum absolute atomic E-state index is 13.4. The Kier molecular flexibility index (Phi) is 11.7. The minimum absolute atomic E-state index is 0.0656. The monoisotopic (exact) mass is 482 g/mol. The van der Waals surface area contributed by atoms with Gasteiger partial charge in [-0.05, 0) is 43.0 Å². The van der Waals surface area contributed by atoms with Gasteiger partial charge in [-0.2, -0.15) is 31.4 Å². The quantitative estimate of drug-likeness (QED) is 0.341. The molecule has 0 bridgehead atoms. The molecule has 0 spiro atoms. The standard InChI is InChI=1S/C16H16F6N2.C4H8O2.C3H8/c1-5-10-7-11(9(3)6-8(10)2)13-12(15(17,18)19)14(16(20,21)22)24(4)23-13;1-3-4(5)6-2;1-3-2/h6-7H,5H2,1-4H3;3H2,1-2H3;3H2,1-2H3. The van der Waals surface area contributed by atoms with E-state index in [1.54, 1.807) is 26.8 Å². The largest absolute Gasteiger partial charge is 0.469 e. The average Bonchev–Trinajstić information content (AvgIpc) is 3.06. The fourth-order valence-electron chi connectivity index (χ4n) is 2.98. The summed E-state index contributed by atoms with van der Waals surface area (Å²) in [4.78, 5) is 9.96. The van der Waals surface area contributed by atoms with E-state index >= 15 is 0 Å². The SMILES string of the molecule is CCC.CCC(=O)OC.CCc1cc(-c2nn(C)c(C(F)(F)F)c2C(F)(F)F)c(C)cc1C. The van der Waals surface area contributed by atoms with Crippen molar-refractivity contribution in [1.29, 1.82) is 0 Å². The van der Waals surface area contributed by atoms with Crippen LogP contribution in [0.4, 0.5) is 26.3 Å². The Balaban J connectivity index is 0.000000969. The molecule has 1 aromatic carbocycles. The molecule has 0 saturated heterocycles. The normalized spacial score (nSPS) is 11.2. The van der Waals surface area contributed by atoms with Crippen LogP contribution in [0.1, 0.15) is 68.5 Å². The van der Waals surface area contributed by atoms with Crippen LogP contribution in [0.15, 0.2) is 12.1 Å². The first-order valence-electron chi connectivity index (χ1n) is 10.5. The van der Waals surface area contributed by atoms with Gasteiger partial charge >= 0.3 is 18.3 Å².